The fourth-order valence-corrected chi connectivity index (χ4v) is 3.22. The summed E-state index contributed by atoms with van der Waals surface area (Å²) >= 11 is 0. The van der Waals surface area contributed by atoms with Crippen molar-refractivity contribution in [3.63, 3.8) is 0 Å². The van der Waals surface area contributed by atoms with Crippen LogP contribution in [0.2, 0.25) is 0 Å². The maximum atomic E-state index is 9.47. The van der Waals surface area contributed by atoms with Crippen LogP contribution in [0.1, 0.15) is 32.3 Å². The van der Waals surface area contributed by atoms with Gasteiger partial charge < -0.3 is 10.0 Å². The number of anilines is 1. The Morgan fingerprint density at radius 1 is 1.25 bits per heavy atom. The van der Waals surface area contributed by atoms with Crippen LogP contribution >= 0.6 is 0 Å². The molecule has 20 heavy (non-hydrogen) atoms. The maximum absolute atomic E-state index is 9.47. The summed E-state index contributed by atoms with van der Waals surface area (Å²) in [6.07, 6.45) is 4.31. The highest BCUT2D eigenvalue weighted by Gasteiger charge is 2.27. The molecule has 0 radical (unpaired) electrons. The second kappa shape index (κ2) is 5.06. The Bertz CT molecular complexity index is 621. The van der Waals surface area contributed by atoms with Gasteiger partial charge in [-0.05, 0) is 23.6 Å². The molecule has 0 aliphatic carbocycles. The maximum Gasteiger partial charge on any atom is 0.136 e. The van der Waals surface area contributed by atoms with Gasteiger partial charge in [-0.25, -0.2) is 4.98 Å². The first-order valence-electron chi connectivity index (χ1n) is 7.33. The van der Waals surface area contributed by atoms with Crippen LogP contribution in [0.3, 0.4) is 0 Å². The zero-order chi connectivity index (χ0) is 14.2. The lowest BCUT2D eigenvalue weighted by molar-refractivity contribution is 0.282. The standard InChI is InChI=1S/C17H22N2O/c1-17(2)8-5-9-19(12-17)16-15-7-4-3-6-14(15)13(11-20)10-18-16/h3-4,6-7,10,20H,5,8-9,11-12H2,1-2H3. The first-order valence-corrected chi connectivity index (χ1v) is 7.33. The van der Waals surface area contributed by atoms with E-state index in [0.29, 0.717) is 5.41 Å². The fourth-order valence-electron chi connectivity index (χ4n) is 3.22. The van der Waals surface area contributed by atoms with Gasteiger partial charge in [-0.2, -0.15) is 0 Å². The van der Waals surface area contributed by atoms with E-state index in [-0.39, 0.29) is 6.61 Å². The average Bonchev–Trinajstić information content (AvgIpc) is 2.45. The predicted molar refractivity (Wildman–Crippen MR) is 82.9 cm³/mol. The van der Waals surface area contributed by atoms with Gasteiger partial charge in [-0.15, -0.1) is 0 Å². The van der Waals surface area contributed by atoms with Crippen LogP contribution in [0.5, 0.6) is 0 Å². The predicted octanol–water partition coefficient (Wildman–Crippen LogP) is 3.35. The lowest BCUT2D eigenvalue weighted by Crippen LogP contribution is -2.40. The molecule has 1 fully saturated rings. The summed E-state index contributed by atoms with van der Waals surface area (Å²) in [7, 11) is 0. The second-order valence-corrected chi connectivity index (χ2v) is 6.50. The molecule has 0 atom stereocenters. The molecule has 1 N–H and O–H groups in total. The lowest BCUT2D eigenvalue weighted by Gasteiger charge is -2.39. The number of pyridine rings is 1. The van der Waals surface area contributed by atoms with E-state index in [1.165, 1.54) is 12.8 Å². The lowest BCUT2D eigenvalue weighted by atomic mass is 9.84. The van der Waals surface area contributed by atoms with Crippen LogP contribution in [0.15, 0.2) is 30.5 Å². The van der Waals surface area contributed by atoms with Crippen molar-refractivity contribution in [1.29, 1.82) is 0 Å². The highest BCUT2D eigenvalue weighted by molar-refractivity contribution is 5.94. The first-order chi connectivity index (χ1) is 9.61. The molecule has 0 bridgehead atoms. The van der Waals surface area contributed by atoms with Crippen LogP contribution in [-0.2, 0) is 6.61 Å². The van der Waals surface area contributed by atoms with Gasteiger partial charge in [0.05, 0.1) is 6.61 Å². The van der Waals surface area contributed by atoms with Gasteiger partial charge >= 0.3 is 0 Å². The number of aliphatic hydroxyl groups is 1. The summed E-state index contributed by atoms with van der Waals surface area (Å²) in [4.78, 5) is 7.03. The van der Waals surface area contributed by atoms with Gasteiger partial charge in [-0.1, -0.05) is 38.1 Å². The highest BCUT2D eigenvalue weighted by Crippen LogP contribution is 2.34. The third kappa shape index (κ3) is 2.38. The van der Waals surface area contributed by atoms with Gasteiger partial charge in [0, 0.05) is 30.2 Å². The number of piperidine rings is 1. The van der Waals surface area contributed by atoms with Gasteiger partial charge in [0.2, 0.25) is 0 Å². The Hall–Kier alpha value is -1.61. The number of aliphatic hydroxyl groups excluding tert-OH is 1. The monoisotopic (exact) mass is 270 g/mol. The van der Waals surface area contributed by atoms with Crippen LogP contribution in [0.4, 0.5) is 5.82 Å². The smallest absolute Gasteiger partial charge is 0.136 e. The quantitative estimate of drug-likeness (QED) is 0.909. The molecule has 3 rings (SSSR count). The van der Waals surface area contributed by atoms with Gasteiger partial charge in [0.25, 0.3) is 0 Å². The average molecular weight is 270 g/mol. The SMILES string of the molecule is CC1(C)CCCN(c2ncc(CO)c3ccccc23)C1. The number of nitrogens with zero attached hydrogens (tertiary/aromatic N) is 2. The number of hydrogen-bond acceptors (Lipinski definition) is 3. The minimum absolute atomic E-state index is 0.0410. The number of rotatable bonds is 2. The molecule has 1 aliphatic heterocycles. The van der Waals surface area contributed by atoms with Crippen LogP contribution in [-0.4, -0.2) is 23.2 Å². The third-order valence-electron chi connectivity index (χ3n) is 4.23. The molecule has 0 unspecified atom stereocenters. The zero-order valence-electron chi connectivity index (χ0n) is 12.3. The third-order valence-corrected chi connectivity index (χ3v) is 4.23. The zero-order valence-corrected chi connectivity index (χ0v) is 12.3. The second-order valence-electron chi connectivity index (χ2n) is 6.50. The van der Waals surface area contributed by atoms with E-state index in [1.807, 2.05) is 18.3 Å². The van der Waals surface area contributed by atoms with E-state index in [0.717, 1.165) is 35.2 Å². The molecule has 1 aromatic heterocycles. The molecule has 0 amide bonds. The van der Waals surface area contributed by atoms with Crippen molar-refractivity contribution in [2.45, 2.75) is 33.3 Å². The Labute approximate surface area is 120 Å². The summed E-state index contributed by atoms with van der Waals surface area (Å²) < 4.78 is 0. The first kappa shape index (κ1) is 13.4. The van der Waals surface area contributed by atoms with E-state index in [9.17, 15) is 5.11 Å². The van der Waals surface area contributed by atoms with Crippen molar-refractivity contribution in [2.75, 3.05) is 18.0 Å². The Kier molecular flexibility index (Phi) is 3.38. The molecule has 1 saturated heterocycles. The van der Waals surface area contributed by atoms with Gasteiger partial charge in [0.15, 0.2) is 0 Å². The number of hydrogen-bond donors (Lipinski definition) is 1. The number of benzene rings is 1. The molecule has 3 heteroatoms. The molecule has 1 aliphatic rings. The Morgan fingerprint density at radius 2 is 2.00 bits per heavy atom. The Balaban J connectivity index is 2.08. The van der Waals surface area contributed by atoms with E-state index in [1.54, 1.807) is 0 Å². The normalized spacial score (nSPS) is 18.4. The molecule has 3 nitrogen and oxygen atoms in total. The molecule has 106 valence electrons. The van der Waals surface area contributed by atoms with E-state index >= 15 is 0 Å². The Morgan fingerprint density at radius 3 is 2.70 bits per heavy atom. The summed E-state index contributed by atoms with van der Waals surface area (Å²) in [5, 5.41) is 11.7. The summed E-state index contributed by atoms with van der Waals surface area (Å²) in [6, 6.07) is 8.24. The van der Waals surface area contributed by atoms with Crippen molar-refractivity contribution in [1.82, 2.24) is 4.98 Å². The fraction of sp³-hybridized carbons (Fsp3) is 0.471. The topological polar surface area (TPSA) is 36.4 Å². The van der Waals surface area contributed by atoms with Crippen molar-refractivity contribution >= 4 is 16.6 Å². The van der Waals surface area contributed by atoms with Crippen LogP contribution in [0.25, 0.3) is 10.8 Å². The highest BCUT2D eigenvalue weighted by atomic mass is 16.3. The van der Waals surface area contributed by atoms with E-state index in [4.69, 9.17) is 0 Å². The molecular weight excluding hydrogens is 248 g/mol. The molecular formula is C17H22N2O. The van der Waals surface area contributed by atoms with Crippen LogP contribution < -0.4 is 4.90 Å². The van der Waals surface area contributed by atoms with Crippen LogP contribution in [0, 0.1) is 5.41 Å². The van der Waals surface area contributed by atoms with Crippen molar-refractivity contribution in [3.05, 3.63) is 36.0 Å². The van der Waals surface area contributed by atoms with Gasteiger partial charge in [-0.3, -0.25) is 0 Å². The summed E-state index contributed by atoms with van der Waals surface area (Å²) in [5.74, 6) is 1.06. The van der Waals surface area contributed by atoms with E-state index in [2.05, 4.69) is 35.9 Å². The number of fused-ring (bicyclic) bond motifs is 1. The van der Waals surface area contributed by atoms with Gasteiger partial charge in [0.1, 0.15) is 5.82 Å². The largest absolute Gasteiger partial charge is 0.392 e. The number of aromatic nitrogens is 1. The molecule has 0 saturated carbocycles. The minimum Gasteiger partial charge on any atom is -0.392 e. The van der Waals surface area contributed by atoms with Crippen molar-refractivity contribution in [3.8, 4) is 0 Å². The molecule has 0 spiro atoms. The summed E-state index contributed by atoms with van der Waals surface area (Å²) in [6.45, 7) is 6.80. The van der Waals surface area contributed by atoms with E-state index < -0.39 is 0 Å². The minimum atomic E-state index is 0.0410. The van der Waals surface area contributed by atoms with Crippen molar-refractivity contribution < 1.29 is 5.11 Å². The molecule has 2 heterocycles. The summed E-state index contributed by atoms with van der Waals surface area (Å²) in [5.41, 5.74) is 1.25. The van der Waals surface area contributed by atoms with Crippen molar-refractivity contribution in [2.24, 2.45) is 5.41 Å². The molecule has 2 aromatic rings. The molecule has 1 aromatic carbocycles.